The number of hydrogen-bond donors (Lipinski definition) is 1. The lowest BCUT2D eigenvalue weighted by molar-refractivity contribution is 0.188. The third kappa shape index (κ3) is 4.77. The molecule has 4 heteroatoms. The maximum atomic E-state index is 5.08. The van der Waals surface area contributed by atoms with Crippen LogP contribution in [0.3, 0.4) is 0 Å². The molecule has 1 heterocycles. The fourth-order valence-electron chi connectivity index (χ4n) is 1.86. The van der Waals surface area contributed by atoms with Crippen LogP contribution in [0, 0.1) is 0 Å². The van der Waals surface area contributed by atoms with Gasteiger partial charge in [0.1, 0.15) is 0 Å². The van der Waals surface area contributed by atoms with Crippen LogP contribution in [-0.4, -0.2) is 36.1 Å². The first-order valence-electron chi connectivity index (χ1n) is 5.97. The number of rotatable bonds is 8. The highest BCUT2D eigenvalue weighted by atomic mass is 16.5. The van der Waals surface area contributed by atoms with E-state index in [-0.39, 0.29) is 0 Å². The Hall–Kier alpha value is -0.870. The SMILES string of the molecule is CCNC(CCCOC)Cc1ccn(C)n1. The van der Waals surface area contributed by atoms with Crippen LogP contribution in [0.4, 0.5) is 0 Å². The Kier molecular flexibility index (Phi) is 6.11. The van der Waals surface area contributed by atoms with E-state index in [1.165, 1.54) is 0 Å². The third-order valence-electron chi connectivity index (χ3n) is 2.62. The smallest absolute Gasteiger partial charge is 0.0639 e. The molecule has 1 atom stereocenters. The molecule has 92 valence electrons. The van der Waals surface area contributed by atoms with Crippen LogP contribution < -0.4 is 5.32 Å². The van der Waals surface area contributed by atoms with E-state index in [9.17, 15) is 0 Å². The van der Waals surface area contributed by atoms with Crippen molar-refractivity contribution in [1.82, 2.24) is 15.1 Å². The van der Waals surface area contributed by atoms with E-state index < -0.39 is 0 Å². The molecule has 1 rings (SSSR count). The molecule has 0 saturated carbocycles. The topological polar surface area (TPSA) is 39.1 Å². The van der Waals surface area contributed by atoms with Crippen molar-refractivity contribution < 1.29 is 4.74 Å². The molecule has 0 amide bonds. The zero-order chi connectivity index (χ0) is 11.8. The van der Waals surface area contributed by atoms with Crippen LogP contribution >= 0.6 is 0 Å². The summed E-state index contributed by atoms with van der Waals surface area (Å²) >= 11 is 0. The number of nitrogens with zero attached hydrogens (tertiary/aromatic N) is 2. The van der Waals surface area contributed by atoms with E-state index in [1.807, 2.05) is 17.9 Å². The second kappa shape index (κ2) is 7.41. The predicted molar refractivity (Wildman–Crippen MR) is 65.5 cm³/mol. The molecule has 1 aromatic heterocycles. The van der Waals surface area contributed by atoms with Gasteiger partial charge in [0.15, 0.2) is 0 Å². The molecule has 0 aliphatic rings. The molecule has 1 unspecified atom stereocenters. The molecular weight excluding hydrogens is 202 g/mol. The Morgan fingerprint density at radius 3 is 2.94 bits per heavy atom. The van der Waals surface area contributed by atoms with Crippen LogP contribution in [-0.2, 0) is 18.2 Å². The monoisotopic (exact) mass is 225 g/mol. The number of nitrogens with one attached hydrogen (secondary N) is 1. The van der Waals surface area contributed by atoms with Gasteiger partial charge in [-0.25, -0.2) is 0 Å². The number of ether oxygens (including phenoxy) is 1. The molecule has 0 aliphatic heterocycles. The standard InChI is InChI=1S/C12H23N3O/c1-4-13-11(6-5-9-16-3)10-12-7-8-15(2)14-12/h7-8,11,13H,4-6,9-10H2,1-3H3. The summed E-state index contributed by atoms with van der Waals surface area (Å²) in [6, 6.07) is 2.59. The minimum absolute atomic E-state index is 0.509. The highest BCUT2D eigenvalue weighted by molar-refractivity contribution is 5.01. The van der Waals surface area contributed by atoms with E-state index in [2.05, 4.69) is 23.4 Å². The van der Waals surface area contributed by atoms with Crippen LogP contribution in [0.2, 0.25) is 0 Å². The van der Waals surface area contributed by atoms with E-state index in [4.69, 9.17) is 4.74 Å². The van der Waals surface area contributed by atoms with Gasteiger partial charge in [-0.2, -0.15) is 5.10 Å². The van der Waals surface area contributed by atoms with Gasteiger partial charge in [0, 0.05) is 39.4 Å². The molecule has 0 saturated heterocycles. The number of likely N-dealkylation sites (N-methyl/N-ethyl adjacent to an activating group) is 1. The van der Waals surface area contributed by atoms with E-state index in [1.54, 1.807) is 7.11 Å². The number of hydrogen-bond acceptors (Lipinski definition) is 3. The molecule has 0 aliphatic carbocycles. The Labute approximate surface area is 98.0 Å². The zero-order valence-corrected chi connectivity index (χ0v) is 10.6. The third-order valence-corrected chi connectivity index (χ3v) is 2.62. The Morgan fingerprint density at radius 1 is 1.56 bits per heavy atom. The van der Waals surface area contributed by atoms with Crippen molar-refractivity contribution in [2.45, 2.75) is 32.2 Å². The van der Waals surface area contributed by atoms with Crippen molar-refractivity contribution in [3.05, 3.63) is 18.0 Å². The lowest BCUT2D eigenvalue weighted by Crippen LogP contribution is -2.31. The molecule has 0 aromatic carbocycles. The molecule has 1 aromatic rings. The zero-order valence-electron chi connectivity index (χ0n) is 10.6. The van der Waals surface area contributed by atoms with Crippen molar-refractivity contribution >= 4 is 0 Å². The van der Waals surface area contributed by atoms with Crippen molar-refractivity contribution in [2.75, 3.05) is 20.3 Å². The second-order valence-corrected chi connectivity index (χ2v) is 4.07. The summed E-state index contributed by atoms with van der Waals surface area (Å²) in [5.41, 5.74) is 1.16. The van der Waals surface area contributed by atoms with Gasteiger partial charge in [-0.1, -0.05) is 6.92 Å². The van der Waals surface area contributed by atoms with Crippen LogP contribution in [0.5, 0.6) is 0 Å². The lowest BCUT2D eigenvalue weighted by Gasteiger charge is -2.16. The van der Waals surface area contributed by atoms with Crippen LogP contribution in [0.1, 0.15) is 25.5 Å². The average molecular weight is 225 g/mol. The lowest BCUT2D eigenvalue weighted by atomic mass is 10.1. The van der Waals surface area contributed by atoms with Gasteiger partial charge < -0.3 is 10.1 Å². The second-order valence-electron chi connectivity index (χ2n) is 4.07. The van der Waals surface area contributed by atoms with Gasteiger partial charge >= 0.3 is 0 Å². The van der Waals surface area contributed by atoms with Crippen molar-refractivity contribution in [3.63, 3.8) is 0 Å². The number of methoxy groups -OCH3 is 1. The van der Waals surface area contributed by atoms with Gasteiger partial charge in [0.2, 0.25) is 0 Å². The maximum Gasteiger partial charge on any atom is 0.0639 e. The van der Waals surface area contributed by atoms with Crippen molar-refractivity contribution in [2.24, 2.45) is 7.05 Å². The van der Waals surface area contributed by atoms with Gasteiger partial charge in [-0.05, 0) is 25.5 Å². The summed E-state index contributed by atoms with van der Waals surface area (Å²) in [4.78, 5) is 0. The molecule has 16 heavy (non-hydrogen) atoms. The quantitative estimate of drug-likeness (QED) is 0.679. The molecule has 0 radical (unpaired) electrons. The van der Waals surface area contributed by atoms with Crippen molar-refractivity contribution in [1.29, 1.82) is 0 Å². The Bertz CT molecular complexity index is 286. The summed E-state index contributed by atoms with van der Waals surface area (Å²) < 4.78 is 6.93. The van der Waals surface area contributed by atoms with Crippen LogP contribution in [0.25, 0.3) is 0 Å². The Morgan fingerprint density at radius 2 is 2.38 bits per heavy atom. The number of aryl methyl sites for hydroxylation is 1. The average Bonchev–Trinajstić information content (AvgIpc) is 2.65. The molecule has 0 spiro atoms. The molecule has 1 N–H and O–H groups in total. The van der Waals surface area contributed by atoms with E-state index >= 15 is 0 Å². The van der Waals surface area contributed by atoms with Gasteiger partial charge in [0.25, 0.3) is 0 Å². The summed E-state index contributed by atoms with van der Waals surface area (Å²) in [5, 5.41) is 7.90. The summed E-state index contributed by atoms with van der Waals surface area (Å²) in [6.07, 6.45) is 5.23. The highest BCUT2D eigenvalue weighted by Crippen LogP contribution is 2.05. The van der Waals surface area contributed by atoms with E-state index in [0.29, 0.717) is 6.04 Å². The minimum Gasteiger partial charge on any atom is -0.385 e. The summed E-state index contributed by atoms with van der Waals surface area (Å²) in [6.45, 7) is 3.98. The molecule has 0 fully saturated rings. The largest absolute Gasteiger partial charge is 0.385 e. The number of aromatic nitrogens is 2. The van der Waals surface area contributed by atoms with Gasteiger partial charge in [0.05, 0.1) is 5.69 Å². The minimum atomic E-state index is 0.509. The van der Waals surface area contributed by atoms with Crippen molar-refractivity contribution in [3.8, 4) is 0 Å². The van der Waals surface area contributed by atoms with E-state index in [0.717, 1.165) is 38.1 Å². The Balaban J connectivity index is 2.37. The molecule has 0 bridgehead atoms. The first-order chi connectivity index (χ1) is 7.76. The predicted octanol–water partition coefficient (Wildman–Crippen LogP) is 1.37. The molecule has 4 nitrogen and oxygen atoms in total. The fraction of sp³-hybridized carbons (Fsp3) is 0.750. The summed E-state index contributed by atoms with van der Waals surface area (Å²) in [5.74, 6) is 0. The molecular formula is C12H23N3O. The normalized spacial score (nSPS) is 12.9. The first-order valence-corrected chi connectivity index (χ1v) is 5.97. The van der Waals surface area contributed by atoms with Gasteiger partial charge in [-0.15, -0.1) is 0 Å². The van der Waals surface area contributed by atoms with Crippen LogP contribution in [0.15, 0.2) is 12.3 Å². The fourth-order valence-corrected chi connectivity index (χ4v) is 1.86. The van der Waals surface area contributed by atoms with Gasteiger partial charge in [-0.3, -0.25) is 4.68 Å². The summed E-state index contributed by atoms with van der Waals surface area (Å²) in [7, 11) is 3.71. The maximum absolute atomic E-state index is 5.08. The first kappa shape index (κ1) is 13.2. The highest BCUT2D eigenvalue weighted by Gasteiger charge is 2.09.